The first-order valence-corrected chi connectivity index (χ1v) is 7.60. The van der Waals surface area contributed by atoms with Crippen LogP contribution in [0.3, 0.4) is 0 Å². The van der Waals surface area contributed by atoms with Gasteiger partial charge < -0.3 is 15.2 Å². The molecular weight excluding hydrogens is 274 g/mol. The Morgan fingerprint density at radius 2 is 1.91 bits per heavy atom. The minimum atomic E-state index is -0.0329. The molecule has 0 aliphatic rings. The summed E-state index contributed by atoms with van der Waals surface area (Å²) in [7, 11) is 0. The lowest BCUT2D eigenvalue weighted by Crippen LogP contribution is -2.00. The van der Waals surface area contributed by atoms with Gasteiger partial charge in [0.25, 0.3) is 0 Å². The van der Waals surface area contributed by atoms with Crippen molar-refractivity contribution in [1.29, 1.82) is 0 Å². The van der Waals surface area contributed by atoms with Crippen molar-refractivity contribution in [2.75, 3.05) is 6.54 Å². The molecule has 0 saturated heterocycles. The van der Waals surface area contributed by atoms with E-state index in [0.717, 1.165) is 41.0 Å². The highest BCUT2D eigenvalue weighted by molar-refractivity contribution is 5.67. The maximum Gasteiger partial charge on any atom is 0.137 e. The molecule has 0 spiro atoms. The summed E-state index contributed by atoms with van der Waals surface area (Å²) < 4.78 is 1.97. The van der Waals surface area contributed by atoms with Gasteiger partial charge in [-0.3, -0.25) is 0 Å². The van der Waals surface area contributed by atoms with E-state index in [1.54, 1.807) is 0 Å². The molecule has 0 aliphatic carbocycles. The van der Waals surface area contributed by atoms with Crippen LogP contribution in [0.15, 0.2) is 42.6 Å². The van der Waals surface area contributed by atoms with E-state index >= 15 is 0 Å². The van der Waals surface area contributed by atoms with Crippen LogP contribution in [-0.2, 0) is 13.0 Å². The molecule has 0 aliphatic heterocycles. The lowest BCUT2D eigenvalue weighted by molar-refractivity contribution is 0.276. The van der Waals surface area contributed by atoms with Gasteiger partial charge in [0.05, 0.1) is 18.0 Å². The molecule has 0 fully saturated rings. The van der Waals surface area contributed by atoms with Gasteiger partial charge in [-0.25, -0.2) is 4.98 Å². The van der Waals surface area contributed by atoms with Crippen molar-refractivity contribution in [2.45, 2.75) is 26.4 Å². The predicted molar refractivity (Wildman–Crippen MR) is 88.7 cm³/mol. The van der Waals surface area contributed by atoms with Gasteiger partial charge in [0.15, 0.2) is 0 Å². The molecule has 3 aromatic rings. The smallest absolute Gasteiger partial charge is 0.137 e. The summed E-state index contributed by atoms with van der Waals surface area (Å²) in [4.78, 5) is 4.67. The summed E-state index contributed by atoms with van der Waals surface area (Å²) >= 11 is 0. The van der Waals surface area contributed by atoms with E-state index in [9.17, 15) is 5.11 Å². The van der Waals surface area contributed by atoms with Gasteiger partial charge in [0.2, 0.25) is 0 Å². The van der Waals surface area contributed by atoms with Crippen LogP contribution in [0, 0.1) is 6.92 Å². The molecule has 2 heterocycles. The van der Waals surface area contributed by atoms with Crippen molar-refractivity contribution in [3.63, 3.8) is 0 Å². The van der Waals surface area contributed by atoms with Gasteiger partial charge in [0.1, 0.15) is 5.65 Å². The average molecular weight is 295 g/mol. The SMILES string of the molecule is Cc1ccc2nc(-c3ccc(CCCN)cc3)c(CO)n2c1. The minimum absolute atomic E-state index is 0.0329. The first kappa shape index (κ1) is 14.8. The Morgan fingerprint density at radius 1 is 1.14 bits per heavy atom. The predicted octanol–water partition coefficient (Wildman–Crippen LogP) is 2.69. The summed E-state index contributed by atoms with van der Waals surface area (Å²) in [6.45, 7) is 2.71. The van der Waals surface area contributed by atoms with Crippen LogP contribution in [-0.4, -0.2) is 21.0 Å². The minimum Gasteiger partial charge on any atom is -0.390 e. The van der Waals surface area contributed by atoms with Crippen LogP contribution in [0.5, 0.6) is 0 Å². The summed E-state index contributed by atoms with van der Waals surface area (Å²) in [5.74, 6) is 0. The molecule has 114 valence electrons. The van der Waals surface area contributed by atoms with Gasteiger partial charge >= 0.3 is 0 Å². The standard InChI is InChI=1S/C18H21N3O/c1-13-4-9-17-20-18(16(12-22)21(17)11-13)15-7-5-14(6-8-15)3-2-10-19/h4-9,11,22H,2-3,10,12,19H2,1H3. The second-order valence-corrected chi connectivity index (χ2v) is 5.59. The van der Waals surface area contributed by atoms with E-state index in [-0.39, 0.29) is 6.61 Å². The zero-order chi connectivity index (χ0) is 15.5. The second-order valence-electron chi connectivity index (χ2n) is 5.59. The molecule has 0 atom stereocenters. The van der Waals surface area contributed by atoms with Crippen LogP contribution in [0.1, 0.15) is 23.2 Å². The number of hydrogen-bond donors (Lipinski definition) is 2. The molecule has 0 radical (unpaired) electrons. The topological polar surface area (TPSA) is 63.5 Å². The number of aliphatic hydroxyl groups is 1. The quantitative estimate of drug-likeness (QED) is 0.760. The van der Waals surface area contributed by atoms with Crippen LogP contribution in [0.25, 0.3) is 16.9 Å². The molecule has 2 aromatic heterocycles. The third kappa shape index (κ3) is 2.75. The number of nitrogens with two attached hydrogens (primary N) is 1. The highest BCUT2D eigenvalue weighted by atomic mass is 16.3. The molecule has 1 aromatic carbocycles. The zero-order valence-corrected chi connectivity index (χ0v) is 12.8. The molecule has 4 nitrogen and oxygen atoms in total. The summed E-state index contributed by atoms with van der Waals surface area (Å²) in [6, 6.07) is 12.4. The Balaban J connectivity index is 2.02. The molecule has 0 amide bonds. The number of nitrogens with zero attached hydrogens (tertiary/aromatic N) is 2. The molecule has 22 heavy (non-hydrogen) atoms. The first-order valence-electron chi connectivity index (χ1n) is 7.60. The monoisotopic (exact) mass is 295 g/mol. The highest BCUT2D eigenvalue weighted by Crippen LogP contribution is 2.25. The largest absolute Gasteiger partial charge is 0.390 e. The van der Waals surface area contributed by atoms with Gasteiger partial charge in [-0.15, -0.1) is 0 Å². The Bertz CT molecular complexity index is 775. The molecular formula is C18H21N3O. The van der Waals surface area contributed by atoms with Crippen LogP contribution >= 0.6 is 0 Å². The molecule has 3 N–H and O–H groups in total. The number of imidazole rings is 1. The number of aliphatic hydroxyl groups excluding tert-OH is 1. The van der Waals surface area contributed by atoms with Crippen LogP contribution < -0.4 is 5.73 Å². The lowest BCUT2D eigenvalue weighted by atomic mass is 10.0. The van der Waals surface area contributed by atoms with Gasteiger partial charge in [-0.1, -0.05) is 30.3 Å². The Kier molecular flexibility index (Phi) is 4.22. The lowest BCUT2D eigenvalue weighted by Gasteiger charge is -2.04. The van der Waals surface area contributed by atoms with E-state index in [4.69, 9.17) is 5.73 Å². The first-order chi connectivity index (χ1) is 10.7. The molecule has 0 saturated carbocycles. The fourth-order valence-corrected chi connectivity index (χ4v) is 2.72. The van der Waals surface area contributed by atoms with Crippen LogP contribution in [0.4, 0.5) is 0 Å². The summed E-state index contributed by atoms with van der Waals surface area (Å²) in [5, 5.41) is 9.75. The number of fused-ring (bicyclic) bond motifs is 1. The van der Waals surface area contributed by atoms with Crippen molar-refractivity contribution in [3.8, 4) is 11.3 Å². The number of benzene rings is 1. The maximum absolute atomic E-state index is 9.75. The van der Waals surface area contributed by atoms with E-state index in [2.05, 4.69) is 29.2 Å². The third-order valence-electron chi connectivity index (χ3n) is 3.91. The number of hydrogen-bond acceptors (Lipinski definition) is 3. The van der Waals surface area contributed by atoms with Gasteiger partial charge in [-0.2, -0.15) is 0 Å². The van der Waals surface area contributed by atoms with Crippen LogP contribution in [0.2, 0.25) is 0 Å². The van der Waals surface area contributed by atoms with E-state index in [0.29, 0.717) is 6.54 Å². The zero-order valence-electron chi connectivity index (χ0n) is 12.8. The summed E-state index contributed by atoms with van der Waals surface area (Å²) in [5.41, 5.74) is 11.5. The molecule has 4 heteroatoms. The number of rotatable bonds is 5. The van der Waals surface area contributed by atoms with Crippen molar-refractivity contribution in [1.82, 2.24) is 9.38 Å². The second kappa shape index (κ2) is 6.30. The van der Waals surface area contributed by atoms with E-state index in [1.165, 1.54) is 5.56 Å². The Labute approximate surface area is 130 Å². The number of aromatic nitrogens is 2. The molecule has 0 bridgehead atoms. The third-order valence-corrected chi connectivity index (χ3v) is 3.91. The molecule has 3 rings (SSSR count). The van der Waals surface area contributed by atoms with Gasteiger partial charge in [-0.05, 0) is 43.5 Å². The van der Waals surface area contributed by atoms with E-state index < -0.39 is 0 Å². The normalized spacial score (nSPS) is 11.2. The fourth-order valence-electron chi connectivity index (χ4n) is 2.72. The fraction of sp³-hybridized carbons (Fsp3) is 0.278. The van der Waals surface area contributed by atoms with Crippen molar-refractivity contribution in [3.05, 3.63) is 59.4 Å². The van der Waals surface area contributed by atoms with Crippen molar-refractivity contribution >= 4 is 5.65 Å². The highest BCUT2D eigenvalue weighted by Gasteiger charge is 2.13. The van der Waals surface area contributed by atoms with E-state index in [1.807, 2.05) is 29.7 Å². The van der Waals surface area contributed by atoms with Crippen molar-refractivity contribution < 1.29 is 5.11 Å². The maximum atomic E-state index is 9.75. The molecule has 0 unspecified atom stereocenters. The van der Waals surface area contributed by atoms with Gasteiger partial charge in [0, 0.05) is 11.8 Å². The number of pyridine rings is 1. The Morgan fingerprint density at radius 3 is 2.59 bits per heavy atom. The number of aryl methyl sites for hydroxylation is 2. The average Bonchev–Trinajstić information content (AvgIpc) is 2.91. The Hall–Kier alpha value is -2.17. The summed E-state index contributed by atoms with van der Waals surface area (Å²) in [6.07, 6.45) is 4.00. The van der Waals surface area contributed by atoms with Crippen molar-refractivity contribution in [2.24, 2.45) is 5.73 Å².